The maximum Gasteiger partial charge on any atom is 0.104 e. The highest BCUT2D eigenvalue weighted by molar-refractivity contribution is 5.17. The average molecular weight is 716 g/mol. The van der Waals surface area contributed by atoms with E-state index in [0.717, 1.165) is 11.1 Å². The summed E-state index contributed by atoms with van der Waals surface area (Å²) in [5.41, 5.74) is 2.14. The minimum atomic E-state index is -1.10. The first kappa shape index (κ1) is 44.0. The van der Waals surface area contributed by atoms with E-state index in [1.165, 1.54) is 0 Å². The molecule has 50 heavy (non-hydrogen) atoms. The minimum absolute atomic E-state index is 0.00217. The molecule has 0 aliphatic rings. The van der Waals surface area contributed by atoms with Gasteiger partial charge in [-0.2, -0.15) is 0 Å². The van der Waals surface area contributed by atoms with Crippen molar-refractivity contribution in [1.29, 1.82) is 0 Å². The zero-order chi connectivity index (χ0) is 36.4. The molecule has 15 nitrogen and oxygen atoms in total. The van der Waals surface area contributed by atoms with Gasteiger partial charge in [-0.15, -0.1) is 0 Å². The van der Waals surface area contributed by atoms with Gasteiger partial charge in [0, 0.05) is 13.1 Å². The summed E-state index contributed by atoms with van der Waals surface area (Å²) in [4.78, 5) is 2.21. The van der Waals surface area contributed by atoms with Crippen molar-refractivity contribution in [3.63, 3.8) is 0 Å². The molecule has 0 radical (unpaired) electrons. The Hall–Kier alpha value is -2.16. The second-order valence-corrected chi connectivity index (χ2v) is 11.9. The summed E-state index contributed by atoms with van der Waals surface area (Å²) < 4.78 is 34.8. The van der Waals surface area contributed by atoms with Gasteiger partial charge < -0.3 is 69.3 Å². The van der Waals surface area contributed by atoms with Gasteiger partial charge in [0.1, 0.15) is 36.6 Å². The van der Waals surface area contributed by atoms with Gasteiger partial charge in [-0.1, -0.05) is 60.7 Å². The van der Waals surface area contributed by atoms with Crippen molar-refractivity contribution < 1.29 is 69.3 Å². The summed E-state index contributed by atoms with van der Waals surface area (Å²) in [5, 5.41) is 75.6. The highest BCUT2D eigenvalue weighted by Crippen LogP contribution is 2.16. The van der Waals surface area contributed by atoms with Gasteiger partial charge in [0.05, 0.1) is 98.5 Å². The Balaban J connectivity index is 2.21. The van der Waals surface area contributed by atoms with Crippen LogP contribution in [0.4, 0.5) is 0 Å². The van der Waals surface area contributed by atoms with Gasteiger partial charge in [-0.05, 0) is 11.1 Å². The standard InChI is InChI=1S/C35H57NO14/c37-13-30(41)19-47-25-34(49-21-32(43)15-39)23-45-17-29(18-46-24-35(50-22-33(44)16-40)26-48-20-31(42)14-38)36(11-27-7-3-1-4-8-27)12-28-9-5-2-6-10-28/h1-10,29-35,37-44H,11-26H2. The summed E-state index contributed by atoms with van der Waals surface area (Å²) in [5.74, 6) is 0. The van der Waals surface area contributed by atoms with E-state index in [2.05, 4.69) is 4.90 Å². The lowest BCUT2D eigenvalue weighted by Gasteiger charge is -2.33. The first-order chi connectivity index (χ1) is 24.3. The van der Waals surface area contributed by atoms with Crippen LogP contribution in [0.25, 0.3) is 0 Å². The lowest BCUT2D eigenvalue weighted by Crippen LogP contribution is -2.43. The Bertz CT molecular complexity index is 977. The molecular formula is C35H57NO14. The van der Waals surface area contributed by atoms with Crippen LogP contribution in [0.2, 0.25) is 0 Å². The molecule has 6 unspecified atom stereocenters. The van der Waals surface area contributed by atoms with Crippen LogP contribution in [0.1, 0.15) is 11.1 Å². The fourth-order valence-corrected chi connectivity index (χ4v) is 4.54. The normalized spacial score (nSPS) is 16.2. The third-order valence-electron chi connectivity index (χ3n) is 7.32. The minimum Gasteiger partial charge on any atom is -0.394 e. The number of aliphatic hydroxyl groups is 8. The molecule has 0 aliphatic carbocycles. The number of nitrogens with zero attached hydrogens (tertiary/aromatic N) is 1. The molecule has 8 N–H and O–H groups in total. The lowest BCUT2D eigenvalue weighted by molar-refractivity contribution is -0.113. The predicted octanol–water partition coefficient (Wildman–Crippen LogP) is -1.69. The van der Waals surface area contributed by atoms with Crippen LogP contribution in [-0.2, 0) is 41.5 Å². The quantitative estimate of drug-likeness (QED) is 0.0437. The third kappa shape index (κ3) is 20.0. The summed E-state index contributed by atoms with van der Waals surface area (Å²) in [6, 6.07) is 19.5. The Morgan fingerprint density at radius 1 is 0.420 bits per heavy atom. The SMILES string of the molecule is OCC(O)COCC(COCC(COCC(COCC(O)CO)OCC(O)CO)N(Cc1ccccc1)Cc1ccccc1)OCC(O)CO. The molecule has 2 aromatic carbocycles. The number of benzene rings is 2. The molecule has 0 aliphatic heterocycles. The van der Waals surface area contributed by atoms with Crippen LogP contribution < -0.4 is 0 Å². The van der Waals surface area contributed by atoms with Gasteiger partial charge in [0.15, 0.2) is 0 Å². The molecule has 0 bridgehead atoms. The van der Waals surface area contributed by atoms with Crippen molar-refractivity contribution in [3.8, 4) is 0 Å². The summed E-state index contributed by atoms with van der Waals surface area (Å²) in [6.45, 7) is -0.930. The summed E-state index contributed by atoms with van der Waals surface area (Å²) in [7, 11) is 0. The van der Waals surface area contributed by atoms with Gasteiger partial charge in [-0.25, -0.2) is 0 Å². The summed E-state index contributed by atoms with van der Waals surface area (Å²) >= 11 is 0. The maximum absolute atomic E-state index is 9.82. The monoisotopic (exact) mass is 715 g/mol. The number of rotatable bonds is 31. The first-order valence-electron chi connectivity index (χ1n) is 16.8. The molecule has 0 fully saturated rings. The largest absolute Gasteiger partial charge is 0.394 e. The molecule has 286 valence electrons. The summed E-state index contributed by atoms with van der Waals surface area (Å²) in [6.07, 6.45) is -5.65. The maximum atomic E-state index is 9.82. The molecule has 6 atom stereocenters. The zero-order valence-electron chi connectivity index (χ0n) is 28.6. The van der Waals surface area contributed by atoms with Crippen LogP contribution in [0, 0.1) is 0 Å². The molecule has 15 heteroatoms. The molecule has 2 rings (SSSR count). The van der Waals surface area contributed by atoms with Gasteiger partial charge in [0.25, 0.3) is 0 Å². The van der Waals surface area contributed by atoms with Crippen molar-refractivity contribution in [3.05, 3.63) is 71.8 Å². The second-order valence-electron chi connectivity index (χ2n) is 11.9. The molecule has 0 heterocycles. The zero-order valence-corrected chi connectivity index (χ0v) is 28.6. The van der Waals surface area contributed by atoms with E-state index in [9.17, 15) is 30.6 Å². The average Bonchev–Trinajstić information content (AvgIpc) is 3.14. The topological polar surface area (TPSA) is 220 Å². The van der Waals surface area contributed by atoms with Gasteiger partial charge >= 0.3 is 0 Å². The predicted molar refractivity (Wildman–Crippen MR) is 181 cm³/mol. The van der Waals surface area contributed by atoms with Crippen molar-refractivity contribution >= 4 is 0 Å². The third-order valence-corrected chi connectivity index (χ3v) is 7.32. The van der Waals surface area contributed by atoms with E-state index < -0.39 is 63.1 Å². The van der Waals surface area contributed by atoms with Crippen LogP contribution in [-0.4, -0.2) is 181 Å². The van der Waals surface area contributed by atoms with E-state index in [1.807, 2.05) is 60.7 Å². The molecule has 0 saturated carbocycles. The number of hydrogen-bond acceptors (Lipinski definition) is 15. The molecule has 0 spiro atoms. The van der Waals surface area contributed by atoms with Crippen molar-refractivity contribution in [2.24, 2.45) is 0 Å². The number of ether oxygens (including phenoxy) is 6. The van der Waals surface area contributed by atoms with Crippen LogP contribution in [0.5, 0.6) is 0 Å². The highest BCUT2D eigenvalue weighted by Gasteiger charge is 2.23. The van der Waals surface area contributed by atoms with E-state index >= 15 is 0 Å². The van der Waals surface area contributed by atoms with Gasteiger partial charge in [-0.3, -0.25) is 4.90 Å². The Morgan fingerprint density at radius 3 is 1.08 bits per heavy atom. The lowest BCUT2D eigenvalue weighted by atomic mass is 10.1. The fraction of sp³-hybridized carbons (Fsp3) is 0.657. The van der Waals surface area contributed by atoms with Gasteiger partial charge in [0.2, 0.25) is 0 Å². The highest BCUT2D eigenvalue weighted by atomic mass is 16.6. The fourth-order valence-electron chi connectivity index (χ4n) is 4.54. The molecular weight excluding hydrogens is 658 g/mol. The van der Waals surface area contributed by atoms with Crippen LogP contribution >= 0.6 is 0 Å². The van der Waals surface area contributed by atoms with E-state index in [4.69, 9.17) is 38.6 Å². The van der Waals surface area contributed by atoms with E-state index in [-0.39, 0.29) is 72.1 Å². The van der Waals surface area contributed by atoms with Crippen molar-refractivity contribution in [2.45, 2.75) is 55.8 Å². The van der Waals surface area contributed by atoms with E-state index in [0.29, 0.717) is 13.1 Å². The molecule has 2 aromatic rings. The van der Waals surface area contributed by atoms with Crippen molar-refractivity contribution in [1.82, 2.24) is 4.90 Å². The second kappa shape index (κ2) is 27.5. The van der Waals surface area contributed by atoms with Crippen LogP contribution in [0.3, 0.4) is 0 Å². The van der Waals surface area contributed by atoms with E-state index in [1.54, 1.807) is 0 Å². The molecule has 0 amide bonds. The number of aliphatic hydroxyl groups excluding tert-OH is 8. The molecule has 0 aromatic heterocycles. The Labute approximate surface area is 294 Å². The smallest absolute Gasteiger partial charge is 0.104 e. The Kier molecular flexibility index (Phi) is 24.2. The number of hydrogen-bond donors (Lipinski definition) is 8. The van der Waals surface area contributed by atoms with Crippen molar-refractivity contribution in [2.75, 3.05) is 92.5 Å². The Morgan fingerprint density at radius 2 is 0.740 bits per heavy atom. The first-order valence-corrected chi connectivity index (χ1v) is 16.8. The molecule has 0 saturated heterocycles. The van der Waals surface area contributed by atoms with Crippen LogP contribution in [0.15, 0.2) is 60.7 Å².